The number of nitrogens with zero attached hydrogens (tertiary/aromatic N) is 1. The second-order valence-electron chi connectivity index (χ2n) is 10.1. The molecule has 0 heterocycles. The summed E-state index contributed by atoms with van der Waals surface area (Å²) in [5.74, 6) is -6.02. The van der Waals surface area contributed by atoms with E-state index in [4.69, 9.17) is 14.7 Å². The molecule has 0 aromatic heterocycles. The maximum Gasteiger partial charge on any atom is 0.349 e. The number of rotatable bonds is 13. The summed E-state index contributed by atoms with van der Waals surface area (Å²) in [6.45, 7) is 2.56. The molecule has 0 radical (unpaired) electrons. The number of hydrogen-bond acceptors (Lipinski definition) is 4. The molecule has 1 aliphatic rings. The van der Waals surface area contributed by atoms with Crippen molar-refractivity contribution >= 4 is 5.97 Å². The van der Waals surface area contributed by atoms with Gasteiger partial charge in [-0.25, -0.2) is 22.4 Å². The van der Waals surface area contributed by atoms with Gasteiger partial charge in [0.05, 0.1) is 6.61 Å². The molecule has 0 amide bonds. The third kappa shape index (κ3) is 8.47. The van der Waals surface area contributed by atoms with Crippen LogP contribution in [0.25, 0.3) is 0 Å². The van der Waals surface area contributed by atoms with Gasteiger partial charge in [0.2, 0.25) is 0 Å². The summed E-state index contributed by atoms with van der Waals surface area (Å²) in [6, 6.07) is 4.31. The van der Waals surface area contributed by atoms with Crippen LogP contribution in [0.2, 0.25) is 0 Å². The van der Waals surface area contributed by atoms with Crippen LogP contribution in [0.15, 0.2) is 24.3 Å². The highest BCUT2D eigenvalue weighted by Crippen LogP contribution is 2.33. The average molecular weight is 534 g/mol. The van der Waals surface area contributed by atoms with Gasteiger partial charge < -0.3 is 9.47 Å². The van der Waals surface area contributed by atoms with Crippen LogP contribution in [-0.4, -0.2) is 12.6 Å². The number of benzene rings is 2. The lowest BCUT2D eigenvalue weighted by atomic mass is 9.80. The fraction of sp³-hybridized carbons (Fsp3) is 0.533. The predicted octanol–water partition coefficient (Wildman–Crippen LogP) is 8.66. The number of halogens is 4. The molecule has 0 bridgehead atoms. The maximum absolute atomic E-state index is 14.6. The Bertz CT molecular complexity index is 1080. The zero-order chi connectivity index (χ0) is 27.5. The second kappa shape index (κ2) is 14.8. The van der Waals surface area contributed by atoms with Crippen molar-refractivity contribution in [1.29, 1.82) is 5.26 Å². The van der Waals surface area contributed by atoms with Gasteiger partial charge in [0.25, 0.3) is 0 Å². The minimum absolute atomic E-state index is 0.0443. The van der Waals surface area contributed by atoms with Gasteiger partial charge in [-0.2, -0.15) is 5.26 Å². The summed E-state index contributed by atoms with van der Waals surface area (Å²) >= 11 is 0. The summed E-state index contributed by atoms with van der Waals surface area (Å²) in [6.07, 6.45) is 14.7. The van der Waals surface area contributed by atoms with Crippen LogP contribution in [0.1, 0.15) is 99.9 Å². The van der Waals surface area contributed by atoms with Crippen LogP contribution in [0.4, 0.5) is 17.6 Å². The van der Waals surface area contributed by atoms with Gasteiger partial charge in [-0.3, -0.25) is 0 Å². The summed E-state index contributed by atoms with van der Waals surface area (Å²) in [5.41, 5.74) is -1.86. The van der Waals surface area contributed by atoms with Crippen molar-refractivity contribution in [2.24, 2.45) is 11.8 Å². The Kier molecular flexibility index (Phi) is 11.4. The minimum atomic E-state index is -1.46. The van der Waals surface area contributed by atoms with Crippen molar-refractivity contribution in [3.63, 3.8) is 0 Å². The molecule has 0 aliphatic heterocycles. The fourth-order valence-electron chi connectivity index (χ4n) is 4.99. The quantitative estimate of drug-likeness (QED) is 0.112. The molecule has 2 aromatic carbocycles. The van der Waals surface area contributed by atoms with Crippen LogP contribution in [-0.2, 0) is 0 Å². The Morgan fingerprint density at radius 1 is 0.816 bits per heavy atom. The molecule has 1 saturated carbocycles. The van der Waals surface area contributed by atoms with Gasteiger partial charge >= 0.3 is 5.97 Å². The van der Waals surface area contributed by atoms with Crippen molar-refractivity contribution in [3.8, 4) is 17.6 Å². The number of nitriles is 1. The molecule has 2 aromatic rings. The number of carbonyl (C=O) groups is 1. The number of ether oxygens (including phenoxy) is 2. The van der Waals surface area contributed by atoms with Crippen LogP contribution in [0.3, 0.4) is 0 Å². The van der Waals surface area contributed by atoms with E-state index in [2.05, 4.69) is 6.92 Å². The molecule has 0 spiro atoms. The van der Waals surface area contributed by atoms with E-state index in [9.17, 15) is 22.4 Å². The zero-order valence-electron chi connectivity index (χ0n) is 21.8. The van der Waals surface area contributed by atoms with Crippen molar-refractivity contribution in [2.45, 2.75) is 84.0 Å². The zero-order valence-corrected chi connectivity index (χ0v) is 21.8. The number of carbonyl (C=O) groups excluding carboxylic acids is 1. The largest absolute Gasteiger partial charge is 0.493 e. The Hall–Kier alpha value is -3.08. The van der Waals surface area contributed by atoms with E-state index >= 15 is 0 Å². The topological polar surface area (TPSA) is 59.3 Å². The SMILES string of the molecule is CCCCCCCCC[C@H]1CC[C@H](COc2cc(F)c(C(=O)Oc3cc(F)c(C#N)c(F)c3)c(F)c2)CC1. The van der Waals surface area contributed by atoms with Gasteiger partial charge in [0.15, 0.2) is 0 Å². The van der Waals surface area contributed by atoms with Crippen LogP contribution >= 0.6 is 0 Å². The monoisotopic (exact) mass is 533 g/mol. The first-order valence-corrected chi connectivity index (χ1v) is 13.6. The lowest BCUT2D eigenvalue weighted by Crippen LogP contribution is -2.20. The predicted molar refractivity (Wildman–Crippen MR) is 136 cm³/mol. The highest BCUT2D eigenvalue weighted by molar-refractivity contribution is 5.91. The van der Waals surface area contributed by atoms with Crippen LogP contribution in [0.5, 0.6) is 11.5 Å². The summed E-state index contributed by atoms with van der Waals surface area (Å²) in [7, 11) is 0. The van der Waals surface area contributed by atoms with Gasteiger partial charge in [-0.1, -0.05) is 71.1 Å². The molecule has 206 valence electrons. The molecule has 0 N–H and O–H groups in total. The molecule has 0 atom stereocenters. The molecular weight excluding hydrogens is 498 g/mol. The van der Waals surface area contributed by atoms with E-state index in [1.807, 2.05) is 0 Å². The molecule has 0 saturated heterocycles. The van der Waals surface area contributed by atoms with Gasteiger partial charge in [-0.15, -0.1) is 0 Å². The maximum atomic E-state index is 14.6. The second-order valence-corrected chi connectivity index (χ2v) is 10.1. The molecule has 8 heteroatoms. The van der Waals surface area contributed by atoms with Gasteiger partial charge in [0, 0.05) is 24.3 Å². The van der Waals surface area contributed by atoms with Crippen molar-refractivity contribution in [1.82, 2.24) is 0 Å². The number of unbranched alkanes of at least 4 members (excludes halogenated alkanes) is 6. The van der Waals surface area contributed by atoms with Crippen LogP contribution < -0.4 is 9.47 Å². The lowest BCUT2D eigenvalue weighted by Gasteiger charge is -2.28. The van der Waals surface area contributed by atoms with E-state index in [1.165, 1.54) is 57.4 Å². The van der Waals surface area contributed by atoms with Crippen molar-refractivity contribution < 1.29 is 31.8 Å². The first-order valence-electron chi connectivity index (χ1n) is 13.6. The number of hydrogen-bond donors (Lipinski definition) is 0. The van der Waals surface area contributed by atoms with Crippen molar-refractivity contribution in [3.05, 3.63) is 58.7 Å². The Labute approximate surface area is 221 Å². The van der Waals surface area contributed by atoms with E-state index in [1.54, 1.807) is 0 Å². The Balaban J connectivity index is 1.45. The Morgan fingerprint density at radius 3 is 1.92 bits per heavy atom. The van der Waals surface area contributed by atoms with E-state index in [-0.39, 0.29) is 5.75 Å². The smallest absolute Gasteiger partial charge is 0.349 e. The Morgan fingerprint density at radius 2 is 1.34 bits per heavy atom. The molecule has 4 nitrogen and oxygen atoms in total. The fourth-order valence-corrected chi connectivity index (χ4v) is 4.99. The summed E-state index contributed by atoms with van der Waals surface area (Å²) < 4.78 is 67.0. The van der Waals surface area contributed by atoms with Crippen molar-refractivity contribution in [2.75, 3.05) is 6.61 Å². The van der Waals surface area contributed by atoms with Gasteiger partial charge in [-0.05, 0) is 24.7 Å². The molecule has 0 unspecified atom stereocenters. The highest BCUT2D eigenvalue weighted by atomic mass is 19.1. The summed E-state index contributed by atoms with van der Waals surface area (Å²) in [5, 5.41) is 8.71. The third-order valence-electron chi connectivity index (χ3n) is 7.23. The lowest BCUT2D eigenvalue weighted by molar-refractivity contribution is 0.0723. The standard InChI is InChI=1S/C30H35F4NO3/c1-2-3-4-5-6-7-8-9-20-10-12-21(13-11-20)19-37-22-14-27(33)29(28(34)15-22)30(36)38-23-16-25(31)24(18-35)26(32)17-23/h14-17,20-21H,2-13,19H2,1H3/t20-,21-. The van der Waals surface area contributed by atoms with E-state index in [0.717, 1.165) is 43.7 Å². The molecule has 3 rings (SSSR count). The van der Waals surface area contributed by atoms with E-state index < -0.39 is 46.1 Å². The first kappa shape index (κ1) is 29.5. The molecular formula is C30H35F4NO3. The normalized spacial score (nSPS) is 17.2. The first-order chi connectivity index (χ1) is 18.3. The third-order valence-corrected chi connectivity index (χ3v) is 7.23. The van der Waals surface area contributed by atoms with Gasteiger partial charge in [0.1, 0.15) is 52.0 Å². The average Bonchev–Trinajstić information content (AvgIpc) is 2.87. The molecule has 1 fully saturated rings. The number of esters is 1. The van der Waals surface area contributed by atoms with E-state index in [0.29, 0.717) is 24.7 Å². The van der Waals surface area contributed by atoms with Crippen LogP contribution in [0, 0.1) is 46.4 Å². The minimum Gasteiger partial charge on any atom is -0.493 e. The molecule has 38 heavy (non-hydrogen) atoms. The summed E-state index contributed by atoms with van der Waals surface area (Å²) in [4.78, 5) is 12.3. The molecule has 1 aliphatic carbocycles. The highest BCUT2D eigenvalue weighted by Gasteiger charge is 2.24.